The molecule has 12 heteroatoms. The number of carboxylic acids is 1. The van der Waals surface area contributed by atoms with E-state index in [2.05, 4.69) is 25.9 Å². The minimum absolute atomic E-state index is 0.0217. The number of amides is 1. The summed E-state index contributed by atoms with van der Waals surface area (Å²) in [4.78, 5) is 32.3. The number of sulfone groups is 1. The Labute approximate surface area is 224 Å². The minimum atomic E-state index is -4.05. The van der Waals surface area contributed by atoms with Gasteiger partial charge in [0.1, 0.15) is 10.6 Å². The van der Waals surface area contributed by atoms with Gasteiger partial charge in [-0.05, 0) is 35.9 Å². The van der Waals surface area contributed by atoms with E-state index in [9.17, 15) is 23.1 Å². The second-order valence-electron chi connectivity index (χ2n) is 8.77. The molecule has 39 heavy (non-hydrogen) atoms. The van der Waals surface area contributed by atoms with Gasteiger partial charge in [0.15, 0.2) is 5.44 Å². The van der Waals surface area contributed by atoms with Gasteiger partial charge in [-0.2, -0.15) is 0 Å². The normalized spacial score (nSPS) is 15.6. The molecule has 1 fully saturated rings. The second-order valence-corrected chi connectivity index (χ2v) is 10.8. The topological polar surface area (TPSA) is 160 Å². The summed E-state index contributed by atoms with van der Waals surface area (Å²) in [5, 5.41) is 18.8. The van der Waals surface area contributed by atoms with Crippen molar-refractivity contribution in [1.29, 1.82) is 0 Å². The number of nitrogens with zero attached hydrogens (tertiary/aromatic N) is 2. The lowest BCUT2D eigenvalue weighted by atomic mass is 10.0. The lowest BCUT2D eigenvalue weighted by Gasteiger charge is -2.25. The summed E-state index contributed by atoms with van der Waals surface area (Å²) < 4.78 is 33.0. The Hall–Kier alpha value is -4.39. The molecule has 2 aromatic carbocycles. The van der Waals surface area contributed by atoms with Crippen LogP contribution in [0.25, 0.3) is 22.0 Å². The Kier molecular flexibility index (Phi) is 7.24. The standard InChI is InChI=1S/C27H25N5O6S/c1-28-26(33)22-9-7-17(13-30-22)16-6-8-20-19(12-16)25(32-21-5-3-2-4-18(21)27(34)35)23(14-31-20)39(36,37)24-15-29-10-11-38-24/h2-9,12-14,24,29H,10-11,15H2,1H3,(H,28,33)(H,31,32)(H,34,35). The molecule has 4 N–H and O–H groups in total. The molecule has 1 saturated heterocycles. The van der Waals surface area contributed by atoms with E-state index in [1.54, 1.807) is 48.7 Å². The van der Waals surface area contributed by atoms with Gasteiger partial charge >= 0.3 is 5.97 Å². The first-order valence-electron chi connectivity index (χ1n) is 12.1. The molecule has 0 spiro atoms. The lowest BCUT2D eigenvalue weighted by Crippen LogP contribution is -2.43. The molecule has 0 saturated carbocycles. The first-order valence-corrected chi connectivity index (χ1v) is 13.6. The van der Waals surface area contributed by atoms with Crippen LogP contribution in [0.3, 0.4) is 0 Å². The van der Waals surface area contributed by atoms with Crippen LogP contribution in [0.4, 0.5) is 11.4 Å². The maximum atomic E-state index is 13.7. The van der Waals surface area contributed by atoms with Crippen LogP contribution in [-0.2, 0) is 14.6 Å². The maximum absolute atomic E-state index is 13.7. The molecule has 5 rings (SSSR count). The molecule has 1 amide bonds. The number of pyridine rings is 2. The zero-order chi connectivity index (χ0) is 27.6. The number of anilines is 2. The molecule has 11 nitrogen and oxygen atoms in total. The van der Waals surface area contributed by atoms with E-state index in [1.165, 1.54) is 19.3 Å². The smallest absolute Gasteiger partial charge is 0.337 e. The summed E-state index contributed by atoms with van der Waals surface area (Å²) in [5.41, 5.74) is 1.38. The van der Waals surface area contributed by atoms with Crippen molar-refractivity contribution in [1.82, 2.24) is 20.6 Å². The Morgan fingerprint density at radius 3 is 2.54 bits per heavy atom. The number of carbonyl (C=O) groups excluding carboxylic acids is 1. The predicted molar refractivity (Wildman–Crippen MR) is 145 cm³/mol. The van der Waals surface area contributed by atoms with Crippen molar-refractivity contribution in [3.63, 3.8) is 0 Å². The van der Waals surface area contributed by atoms with Crippen molar-refractivity contribution in [3.8, 4) is 11.1 Å². The highest BCUT2D eigenvalue weighted by Crippen LogP contribution is 2.37. The van der Waals surface area contributed by atoms with E-state index >= 15 is 0 Å². The average Bonchev–Trinajstić information content (AvgIpc) is 2.97. The highest BCUT2D eigenvalue weighted by Gasteiger charge is 2.33. The van der Waals surface area contributed by atoms with Crippen molar-refractivity contribution in [2.75, 3.05) is 32.1 Å². The summed E-state index contributed by atoms with van der Waals surface area (Å²) in [5.74, 6) is -1.48. The third-order valence-corrected chi connectivity index (χ3v) is 8.27. The highest BCUT2D eigenvalue weighted by atomic mass is 32.2. The van der Waals surface area contributed by atoms with Crippen molar-refractivity contribution < 1.29 is 27.9 Å². The molecule has 1 atom stereocenters. The molecule has 1 aliphatic rings. The molecule has 1 aliphatic heterocycles. The Balaban J connectivity index is 1.69. The number of ether oxygens (including phenoxy) is 1. The number of aromatic nitrogens is 2. The fourth-order valence-corrected chi connectivity index (χ4v) is 5.86. The number of hydrogen-bond acceptors (Lipinski definition) is 9. The summed E-state index contributed by atoms with van der Waals surface area (Å²) >= 11 is 0. The van der Waals surface area contributed by atoms with Crippen LogP contribution in [0.2, 0.25) is 0 Å². The van der Waals surface area contributed by atoms with Crippen molar-refractivity contribution in [3.05, 3.63) is 78.2 Å². The average molecular weight is 548 g/mol. The van der Waals surface area contributed by atoms with Gasteiger partial charge in [0.25, 0.3) is 5.91 Å². The van der Waals surface area contributed by atoms with Crippen molar-refractivity contribution >= 4 is 44.0 Å². The molecule has 200 valence electrons. The van der Waals surface area contributed by atoms with E-state index in [4.69, 9.17) is 4.74 Å². The number of benzene rings is 2. The van der Waals surface area contributed by atoms with Crippen LogP contribution in [0.1, 0.15) is 20.8 Å². The summed E-state index contributed by atoms with van der Waals surface area (Å²) in [6, 6.07) is 14.9. The molecule has 0 radical (unpaired) electrons. The molecule has 0 bridgehead atoms. The number of morpholine rings is 1. The number of carboxylic acid groups (broad SMARTS) is 1. The van der Waals surface area contributed by atoms with Gasteiger partial charge in [0.2, 0.25) is 9.84 Å². The van der Waals surface area contributed by atoms with E-state index in [1.807, 2.05) is 6.07 Å². The molecule has 0 aliphatic carbocycles. The third kappa shape index (κ3) is 5.17. The zero-order valence-electron chi connectivity index (χ0n) is 20.8. The van der Waals surface area contributed by atoms with Crippen LogP contribution in [0.15, 0.2) is 71.9 Å². The summed E-state index contributed by atoms with van der Waals surface area (Å²) in [7, 11) is -2.53. The molecular formula is C27H25N5O6S. The van der Waals surface area contributed by atoms with E-state index in [0.29, 0.717) is 28.6 Å². The quantitative estimate of drug-likeness (QED) is 0.271. The highest BCUT2D eigenvalue weighted by molar-refractivity contribution is 7.92. The van der Waals surface area contributed by atoms with Crippen LogP contribution in [-0.4, -0.2) is 67.5 Å². The van der Waals surface area contributed by atoms with E-state index in [-0.39, 0.29) is 46.6 Å². The number of hydrogen-bond donors (Lipinski definition) is 4. The number of aromatic carboxylic acids is 1. The predicted octanol–water partition coefficient (Wildman–Crippen LogP) is 2.82. The number of carbonyl (C=O) groups is 2. The maximum Gasteiger partial charge on any atom is 0.337 e. The Bertz CT molecular complexity index is 1670. The summed E-state index contributed by atoms with van der Waals surface area (Å²) in [6.45, 7) is 0.878. The second kappa shape index (κ2) is 10.8. The molecular weight excluding hydrogens is 522 g/mol. The Morgan fingerprint density at radius 2 is 1.85 bits per heavy atom. The SMILES string of the molecule is CNC(=O)c1ccc(-c2ccc3ncc(S(=O)(=O)C4CNCCO4)c(Nc4ccccc4C(=O)O)c3c2)cn1. The van der Waals surface area contributed by atoms with Crippen molar-refractivity contribution in [2.45, 2.75) is 10.3 Å². The monoisotopic (exact) mass is 547 g/mol. The zero-order valence-corrected chi connectivity index (χ0v) is 21.7. The van der Waals surface area contributed by atoms with Gasteiger partial charge in [-0.15, -0.1) is 0 Å². The van der Waals surface area contributed by atoms with Gasteiger partial charge in [-0.25, -0.2) is 13.2 Å². The fraction of sp³-hybridized carbons (Fsp3) is 0.185. The van der Waals surface area contributed by atoms with Crippen LogP contribution < -0.4 is 16.0 Å². The molecule has 1 unspecified atom stereocenters. The minimum Gasteiger partial charge on any atom is -0.478 e. The lowest BCUT2D eigenvalue weighted by molar-refractivity contribution is 0.0697. The van der Waals surface area contributed by atoms with Crippen LogP contribution >= 0.6 is 0 Å². The molecule has 4 aromatic rings. The van der Waals surface area contributed by atoms with Crippen molar-refractivity contribution in [2.24, 2.45) is 0 Å². The van der Waals surface area contributed by atoms with Gasteiger partial charge in [0.05, 0.1) is 29.1 Å². The number of fused-ring (bicyclic) bond motifs is 1. The van der Waals surface area contributed by atoms with Gasteiger partial charge in [-0.3, -0.25) is 14.8 Å². The van der Waals surface area contributed by atoms with E-state index < -0.39 is 21.2 Å². The number of rotatable bonds is 7. The number of nitrogens with one attached hydrogen (secondary N) is 3. The fourth-order valence-electron chi connectivity index (χ4n) is 4.32. The van der Waals surface area contributed by atoms with Gasteiger partial charge in [-0.1, -0.05) is 24.3 Å². The Morgan fingerprint density at radius 1 is 1.05 bits per heavy atom. The largest absolute Gasteiger partial charge is 0.478 e. The first kappa shape index (κ1) is 26.2. The van der Waals surface area contributed by atoms with E-state index in [0.717, 1.165) is 0 Å². The molecule has 3 heterocycles. The van der Waals surface area contributed by atoms with Crippen LogP contribution in [0, 0.1) is 0 Å². The third-order valence-electron chi connectivity index (χ3n) is 6.35. The van der Waals surface area contributed by atoms with Crippen LogP contribution in [0.5, 0.6) is 0 Å². The summed E-state index contributed by atoms with van der Waals surface area (Å²) in [6.07, 6.45) is 2.81. The molecule has 2 aromatic heterocycles. The first-order chi connectivity index (χ1) is 18.8. The number of para-hydroxylation sites is 1. The van der Waals surface area contributed by atoms with Gasteiger partial charge in [0, 0.05) is 43.5 Å². The van der Waals surface area contributed by atoms with Gasteiger partial charge < -0.3 is 25.8 Å².